The van der Waals surface area contributed by atoms with Gasteiger partial charge in [0.2, 0.25) is 0 Å². The van der Waals surface area contributed by atoms with Crippen molar-refractivity contribution in [2.75, 3.05) is 63.2 Å². The van der Waals surface area contributed by atoms with Gasteiger partial charge in [0.15, 0.2) is 5.96 Å². The van der Waals surface area contributed by atoms with Crippen LogP contribution in [0.5, 0.6) is 0 Å². The lowest BCUT2D eigenvalue weighted by atomic mass is 10.2. The van der Waals surface area contributed by atoms with E-state index in [0.717, 1.165) is 62.5 Å². The zero-order valence-electron chi connectivity index (χ0n) is 18.4. The summed E-state index contributed by atoms with van der Waals surface area (Å²) in [5, 5.41) is 7.84. The van der Waals surface area contributed by atoms with Crippen LogP contribution in [0.3, 0.4) is 0 Å². The Morgan fingerprint density at radius 2 is 1.97 bits per heavy atom. The van der Waals surface area contributed by atoms with Crippen molar-refractivity contribution < 1.29 is 0 Å². The van der Waals surface area contributed by atoms with Gasteiger partial charge in [0.05, 0.1) is 0 Å². The van der Waals surface area contributed by atoms with E-state index in [1.165, 1.54) is 11.3 Å². The van der Waals surface area contributed by atoms with Crippen LogP contribution in [-0.4, -0.2) is 75.2 Å². The Morgan fingerprint density at radius 1 is 1.13 bits per heavy atom. The summed E-state index contributed by atoms with van der Waals surface area (Å²) in [6.45, 7) is 6.78. The maximum absolute atomic E-state index is 6.16. The summed E-state index contributed by atoms with van der Waals surface area (Å²) in [4.78, 5) is 16.2. The predicted octanol–water partition coefficient (Wildman–Crippen LogP) is 2.43. The minimum absolute atomic E-state index is 0.344. The highest BCUT2D eigenvalue weighted by Crippen LogP contribution is 2.23. The van der Waals surface area contributed by atoms with Crippen molar-refractivity contribution in [1.82, 2.24) is 20.5 Å². The lowest BCUT2D eigenvalue weighted by molar-refractivity contribution is 0.312. The third kappa shape index (κ3) is 5.60. The number of anilines is 2. The van der Waals surface area contributed by atoms with Crippen LogP contribution < -0.4 is 20.4 Å². The minimum atomic E-state index is 0.344. The van der Waals surface area contributed by atoms with Gasteiger partial charge in [0, 0.05) is 81.4 Å². The van der Waals surface area contributed by atoms with Crippen LogP contribution in [0.1, 0.15) is 12.0 Å². The summed E-state index contributed by atoms with van der Waals surface area (Å²) in [5.41, 5.74) is 2.37. The average molecular weight is 442 g/mol. The smallest absolute Gasteiger partial charge is 0.191 e. The first-order valence-corrected chi connectivity index (χ1v) is 11.4. The largest absolute Gasteiger partial charge is 0.369 e. The highest BCUT2D eigenvalue weighted by molar-refractivity contribution is 6.30. The quantitative estimate of drug-likeness (QED) is 0.549. The third-order valence-corrected chi connectivity index (χ3v) is 6.28. The number of aromatic nitrogens is 1. The molecule has 2 fully saturated rings. The maximum Gasteiger partial charge on any atom is 0.191 e. The fourth-order valence-corrected chi connectivity index (χ4v) is 4.41. The molecule has 1 aromatic carbocycles. The van der Waals surface area contributed by atoms with Crippen LogP contribution in [0.4, 0.5) is 11.5 Å². The fourth-order valence-electron chi connectivity index (χ4n) is 4.22. The zero-order valence-corrected chi connectivity index (χ0v) is 19.1. The minimum Gasteiger partial charge on any atom is -0.369 e. The second-order valence-electron chi connectivity index (χ2n) is 8.26. The van der Waals surface area contributed by atoms with Crippen molar-refractivity contribution >= 4 is 29.1 Å². The molecule has 0 spiro atoms. The number of benzene rings is 1. The highest BCUT2D eigenvalue weighted by atomic mass is 35.5. The van der Waals surface area contributed by atoms with E-state index in [1.807, 2.05) is 37.5 Å². The van der Waals surface area contributed by atoms with Crippen molar-refractivity contribution in [2.45, 2.75) is 19.0 Å². The van der Waals surface area contributed by atoms with Gasteiger partial charge in [-0.05, 0) is 37.7 Å². The molecule has 0 amide bonds. The van der Waals surface area contributed by atoms with Gasteiger partial charge in [-0.25, -0.2) is 4.98 Å². The SMILES string of the molecule is CN=C(NCc1cccnc1N1CCN(C)CC1)NC1CCN(c2cccc(Cl)c2)C1. The average Bonchev–Trinajstić information content (AvgIpc) is 3.26. The van der Waals surface area contributed by atoms with E-state index in [4.69, 9.17) is 11.6 Å². The number of likely N-dealkylation sites (N-methyl/N-ethyl adjacent to an activating group) is 1. The van der Waals surface area contributed by atoms with E-state index in [-0.39, 0.29) is 0 Å². The molecule has 0 saturated carbocycles. The van der Waals surface area contributed by atoms with E-state index in [0.29, 0.717) is 12.6 Å². The molecule has 2 saturated heterocycles. The van der Waals surface area contributed by atoms with Gasteiger partial charge in [-0.3, -0.25) is 4.99 Å². The van der Waals surface area contributed by atoms with E-state index in [9.17, 15) is 0 Å². The molecule has 2 aliphatic heterocycles. The number of halogens is 1. The summed E-state index contributed by atoms with van der Waals surface area (Å²) in [6.07, 6.45) is 2.94. The van der Waals surface area contributed by atoms with E-state index < -0.39 is 0 Å². The normalized spacial score (nSPS) is 20.2. The number of aliphatic imine (C=N–C) groups is 1. The molecule has 31 heavy (non-hydrogen) atoms. The molecule has 2 N–H and O–H groups in total. The molecule has 2 aliphatic rings. The Balaban J connectivity index is 1.33. The van der Waals surface area contributed by atoms with Crippen LogP contribution in [0.25, 0.3) is 0 Å². The molecule has 1 aromatic heterocycles. The Hall–Kier alpha value is -2.51. The Kier molecular flexibility index (Phi) is 7.14. The van der Waals surface area contributed by atoms with Gasteiger partial charge < -0.3 is 25.3 Å². The zero-order chi connectivity index (χ0) is 21.6. The first kappa shape index (κ1) is 21.7. The topological polar surface area (TPSA) is 59.0 Å². The first-order chi connectivity index (χ1) is 15.1. The predicted molar refractivity (Wildman–Crippen MR) is 129 cm³/mol. The molecule has 8 heteroatoms. The number of piperazine rings is 1. The number of rotatable bonds is 5. The molecule has 1 unspecified atom stereocenters. The molecular weight excluding hydrogens is 410 g/mol. The van der Waals surface area contributed by atoms with Crippen LogP contribution in [-0.2, 0) is 6.54 Å². The molecule has 4 rings (SSSR count). The molecule has 0 bridgehead atoms. The van der Waals surface area contributed by atoms with Crippen LogP contribution >= 0.6 is 11.6 Å². The summed E-state index contributed by atoms with van der Waals surface area (Å²) >= 11 is 6.16. The van der Waals surface area contributed by atoms with E-state index >= 15 is 0 Å². The van der Waals surface area contributed by atoms with Crippen molar-refractivity contribution in [3.05, 3.63) is 53.2 Å². The number of guanidine groups is 1. The molecular formula is C23H32ClN7. The summed E-state index contributed by atoms with van der Waals surface area (Å²) in [6, 6.07) is 12.6. The standard InChI is InChI=1S/C23H32ClN7/c1-25-23(28-20-8-10-31(17-20)21-7-3-6-19(24)15-21)27-16-18-5-4-9-26-22(18)30-13-11-29(2)12-14-30/h3-7,9,15,20H,8,10-14,16-17H2,1-2H3,(H2,25,27,28). The molecule has 166 valence electrons. The van der Waals surface area contributed by atoms with Gasteiger partial charge in [-0.2, -0.15) is 0 Å². The Morgan fingerprint density at radius 3 is 2.74 bits per heavy atom. The van der Waals surface area contributed by atoms with Crippen LogP contribution in [0.2, 0.25) is 5.02 Å². The Bertz CT molecular complexity index is 895. The second-order valence-corrected chi connectivity index (χ2v) is 8.69. The van der Waals surface area contributed by atoms with Crippen LogP contribution in [0.15, 0.2) is 47.6 Å². The van der Waals surface area contributed by atoms with E-state index in [1.54, 1.807) is 0 Å². The number of pyridine rings is 1. The maximum atomic E-state index is 6.16. The van der Waals surface area contributed by atoms with Gasteiger partial charge in [0.25, 0.3) is 0 Å². The van der Waals surface area contributed by atoms with Gasteiger partial charge in [0.1, 0.15) is 5.82 Å². The van der Waals surface area contributed by atoms with Crippen molar-refractivity contribution in [2.24, 2.45) is 4.99 Å². The van der Waals surface area contributed by atoms with Crippen molar-refractivity contribution in [3.8, 4) is 0 Å². The molecule has 7 nitrogen and oxygen atoms in total. The van der Waals surface area contributed by atoms with Crippen LogP contribution in [0, 0.1) is 0 Å². The molecule has 0 radical (unpaired) electrons. The number of hydrogen-bond acceptors (Lipinski definition) is 5. The Labute approximate surface area is 190 Å². The molecule has 0 aliphatic carbocycles. The number of nitrogens with zero attached hydrogens (tertiary/aromatic N) is 5. The summed E-state index contributed by atoms with van der Waals surface area (Å²) in [7, 11) is 3.99. The monoisotopic (exact) mass is 441 g/mol. The van der Waals surface area contributed by atoms with Gasteiger partial charge in [-0.15, -0.1) is 0 Å². The number of hydrogen-bond donors (Lipinski definition) is 2. The summed E-state index contributed by atoms with van der Waals surface area (Å²) < 4.78 is 0. The highest BCUT2D eigenvalue weighted by Gasteiger charge is 2.24. The second kappa shape index (κ2) is 10.2. The third-order valence-electron chi connectivity index (χ3n) is 6.04. The lowest BCUT2D eigenvalue weighted by Gasteiger charge is -2.34. The van der Waals surface area contributed by atoms with Crippen molar-refractivity contribution in [1.29, 1.82) is 0 Å². The summed E-state index contributed by atoms with van der Waals surface area (Å²) in [5.74, 6) is 1.90. The first-order valence-electron chi connectivity index (χ1n) is 11.0. The van der Waals surface area contributed by atoms with Gasteiger partial charge >= 0.3 is 0 Å². The molecule has 1 atom stereocenters. The lowest BCUT2D eigenvalue weighted by Crippen LogP contribution is -2.46. The molecule has 3 heterocycles. The van der Waals surface area contributed by atoms with E-state index in [2.05, 4.69) is 54.5 Å². The number of nitrogens with one attached hydrogen (secondary N) is 2. The molecule has 2 aromatic rings. The fraction of sp³-hybridized carbons (Fsp3) is 0.478. The van der Waals surface area contributed by atoms with Gasteiger partial charge in [-0.1, -0.05) is 23.7 Å². The van der Waals surface area contributed by atoms with Crippen molar-refractivity contribution in [3.63, 3.8) is 0 Å².